The van der Waals surface area contributed by atoms with Crippen molar-refractivity contribution in [3.8, 4) is 17.1 Å². The molecule has 94 valence electrons. The first-order valence-corrected chi connectivity index (χ1v) is 5.82. The Kier molecular flexibility index (Phi) is 2.68. The molecule has 0 amide bonds. The van der Waals surface area contributed by atoms with Gasteiger partial charge in [-0.05, 0) is 25.1 Å². The second kappa shape index (κ2) is 4.49. The lowest BCUT2D eigenvalue weighted by molar-refractivity contribution is 0.806. The average molecular weight is 252 g/mol. The van der Waals surface area contributed by atoms with Gasteiger partial charge in [0.15, 0.2) is 0 Å². The van der Waals surface area contributed by atoms with Crippen LogP contribution in [0.2, 0.25) is 0 Å². The summed E-state index contributed by atoms with van der Waals surface area (Å²) in [5, 5.41) is 8.03. The fraction of sp³-hybridized carbons (Fsp3) is 0.0769. The second-order valence-electron chi connectivity index (χ2n) is 4.12. The van der Waals surface area contributed by atoms with Gasteiger partial charge in [0.1, 0.15) is 5.69 Å². The zero-order valence-corrected chi connectivity index (χ0v) is 10.4. The number of nitrogens with two attached hydrogens (primary N) is 1. The molecule has 19 heavy (non-hydrogen) atoms. The summed E-state index contributed by atoms with van der Waals surface area (Å²) in [5.74, 6) is 0.246. The monoisotopic (exact) mass is 252 g/mol. The Morgan fingerprint density at radius 2 is 1.89 bits per heavy atom. The molecule has 0 spiro atoms. The molecule has 2 N–H and O–H groups in total. The van der Waals surface area contributed by atoms with Gasteiger partial charge in [0.25, 0.3) is 0 Å². The van der Waals surface area contributed by atoms with E-state index in [0.717, 1.165) is 17.1 Å². The van der Waals surface area contributed by atoms with E-state index in [4.69, 9.17) is 5.73 Å². The van der Waals surface area contributed by atoms with E-state index in [9.17, 15) is 0 Å². The van der Waals surface area contributed by atoms with Gasteiger partial charge >= 0.3 is 0 Å². The van der Waals surface area contributed by atoms with Crippen molar-refractivity contribution in [3.63, 3.8) is 0 Å². The molecule has 0 bridgehead atoms. The van der Waals surface area contributed by atoms with Crippen LogP contribution in [0.5, 0.6) is 0 Å². The maximum absolute atomic E-state index is 5.68. The summed E-state index contributed by atoms with van der Waals surface area (Å²) in [5.41, 5.74) is 8.90. The molecule has 0 radical (unpaired) electrons. The smallest absolute Gasteiger partial charge is 0.220 e. The predicted octanol–water partition coefficient (Wildman–Crippen LogP) is 1.61. The normalized spacial score (nSPS) is 10.6. The number of anilines is 1. The lowest BCUT2D eigenvalue weighted by Crippen LogP contribution is -2.03. The van der Waals surface area contributed by atoms with Crippen LogP contribution >= 0.6 is 0 Å². The Labute approximate surface area is 109 Å². The second-order valence-corrected chi connectivity index (χ2v) is 4.12. The number of aryl methyl sites for hydroxylation is 1. The minimum absolute atomic E-state index is 0.246. The molecule has 0 saturated heterocycles. The van der Waals surface area contributed by atoms with Crippen LogP contribution in [0.15, 0.2) is 42.6 Å². The third kappa shape index (κ3) is 2.15. The molecule has 0 saturated carbocycles. The Morgan fingerprint density at radius 1 is 1.11 bits per heavy atom. The Hall–Kier alpha value is -2.76. The van der Waals surface area contributed by atoms with Gasteiger partial charge in [-0.25, -0.2) is 14.6 Å². The Morgan fingerprint density at radius 3 is 2.63 bits per heavy atom. The summed E-state index contributed by atoms with van der Waals surface area (Å²) >= 11 is 0. The summed E-state index contributed by atoms with van der Waals surface area (Å²) in [6.45, 7) is 1.87. The van der Waals surface area contributed by atoms with E-state index in [1.165, 1.54) is 0 Å². The van der Waals surface area contributed by atoms with Crippen LogP contribution in [-0.4, -0.2) is 25.0 Å². The topological polar surface area (TPSA) is 82.5 Å². The van der Waals surface area contributed by atoms with E-state index in [-0.39, 0.29) is 5.95 Å². The van der Waals surface area contributed by atoms with Crippen LogP contribution in [0.3, 0.4) is 0 Å². The average Bonchev–Trinajstić information content (AvgIpc) is 2.88. The van der Waals surface area contributed by atoms with Crippen molar-refractivity contribution in [3.05, 3.63) is 48.3 Å². The van der Waals surface area contributed by atoms with Crippen LogP contribution in [0.25, 0.3) is 17.1 Å². The van der Waals surface area contributed by atoms with Gasteiger partial charge in [-0.15, -0.1) is 5.10 Å². The van der Waals surface area contributed by atoms with Crippen LogP contribution in [0, 0.1) is 6.92 Å². The fourth-order valence-electron chi connectivity index (χ4n) is 1.89. The molecule has 6 nitrogen and oxygen atoms in total. The number of hydrogen-bond donors (Lipinski definition) is 1. The Bertz CT molecular complexity index is 684. The summed E-state index contributed by atoms with van der Waals surface area (Å²) in [6, 6.07) is 11.6. The van der Waals surface area contributed by atoms with Crippen LogP contribution in [-0.2, 0) is 0 Å². The Balaban J connectivity index is 2.15. The zero-order valence-electron chi connectivity index (χ0n) is 10.4. The van der Waals surface area contributed by atoms with Crippen LogP contribution in [0.4, 0.5) is 5.95 Å². The van der Waals surface area contributed by atoms with Gasteiger partial charge in [0, 0.05) is 5.69 Å². The van der Waals surface area contributed by atoms with E-state index >= 15 is 0 Å². The van der Waals surface area contributed by atoms with E-state index in [1.54, 1.807) is 10.9 Å². The number of nitrogens with zero attached hydrogens (tertiary/aromatic N) is 5. The van der Waals surface area contributed by atoms with E-state index < -0.39 is 0 Å². The molecule has 6 heteroatoms. The number of rotatable bonds is 2. The first-order valence-electron chi connectivity index (χ1n) is 5.82. The molecule has 0 aliphatic heterocycles. The van der Waals surface area contributed by atoms with E-state index in [1.807, 2.05) is 43.3 Å². The van der Waals surface area contributed by atoms with Crippen molar-refractivity contribution >= 4 is 5.95 Å². The van der Waals surface area contributed by atoms with Crippen LogP contribution in [0.1, 0.15) is 5.69 Å². The molecule has 3 aromatic rings. The summed E-state index contributed by atoms with van der Waals surface area (Å²) in [6.07, 6.45) is 1.66. The van der Waals surface area contributed by atoms with Gasteiger partial charge < -0.3 is 5.73 Å². The highest BCUT2D eigenvalue weighted by Crippen LogP contribution is 2.20. The minimum atomic E-state index is 0.246. The van der Waals surface area contributed by atoms with Crippen molar-refractivity contribution in [2.75, 3.05) is 5.73 Å². The lowest BCUT2D eigenvalue weighted by atomic mass is 10.2. The molecule has 3 rings (SSSR count). The molecule has 0 aliphatic carbocycles. The first-order chi connectivity index (χ1) is 9.24. The molecule has 0 unspecified atom stereocenters. The van der Waals surface area contributed by atoms with Gasteiger partial charge in [-0.3, -0.25) is 0 Å². The molecule has 0 atom stereocenters. The highest BCUT2D eigenvalue weighted by Gasteiger charge is 2.11. The zero-order chi connectivity index (χ0) is 13.2. The fourth-order valence-corrected chi connectivity index (χ4v) is 1.89. The summed E-state index contributed by atoms with van der Waals surface area (Å²) in [7, 11) is 0. The van der Waals surface area contributed by atoms with Crippen LogP contribution < -0.4 is 5.73 Å². The maximum Gasteiger partial charge on any atom is 0.220 e. The summed E-state index contributed by atoms with van der Waals surface area (Å²) in [4.78, 5) is 8.29. The molecule has 2 heterocycles. The molecule has 2 aromatic heterocycles. The van der Waals surface area contributed by atoms with Crippen molar-refractivity contribution in [2.24, 2.45) is 0 Å². The van der Waals surface area contributed by atoms with Gasteiger partial charge in [-0.1, -0.05) is 23.4 Å². The number of para-hydroxylation sites is 1. The van der Waals surface area contributed by atoms with Gasteiger partial charge in [0.2, 0.25) is 5.95 Å². The molecular formula is C13H12N6. The molecule has 0 aliphatic rings. The largest absolute Gasteiger partial charge is 0.368 e. The van der Waals surface area contributed by atoms with Gasteiger partial charge in [0.05, 0.1) is 17.6 Å². The first kappa shape index (κ1) is 11.3. The van der Waals surface area contributed by atoms with E-state index in [0.29, 0.717) is 5.69 Å². The lowest BCUT2D eigenvalue weighted by Gasteiger charge is -2.06. The predicted molar refractivity (Wildman–Crippen MR) is 71.5 cm³/mol. The number of aromatic nitrogens is 5. The molecular weight excluding hydrogens is 240 g/mol. The van der Waals surface area contributed by atoms with E-state index in [2.05, 4.69) is 20.3 Å². The highest BCUT2D eigenvalue weighted by atomic mass is 15.4. The number of hydrogen-bond acceptors (Lipinski definition) is 5. The third-order valence-corrected chi connectivity index (χ3v) is 2.68. The van der Waals surface area contributed by atoms with Gasteiger partial charge in [-0.2, -0.15) is 0 Å². The number of benzene rings is 1. The van der Waals surface area contributed by atoms with Crippen molar-refractivity contribution < 1.29 is 0 Å². The third-order valence-electron chi connectivity index (χ3n) is 2.68. The van der Waals surface area contributed by atoms with Crippen molar-refractivity contribution in [1.29, 1.82) is 0 Å². The minimum Gasteiger partial charge on any atom is -0.368 e. The van der Waals surface area contributed by atoms with Crippen molar-refractivity contribution in [1.82, 2.24) is 25.0 Å². The number of nitrogen functional groups attached to an aromatic ring is 1. The molecule has 1 aromatic carbocycles. The molecule has 0 fully saturated rings. The van der Waals surface area contributed by atoms with Crippen molar-refractivity contribution in [2.45, 2.75) is 6.92 Å². The maximum atomic E-state index is 5.68. The standard InChI is InChI=1S/C13H12N6/c1-9-7-11(17-13(14)16-9)12-8-15-18-19(12)10-5-3-2-4-6-10/h2-8H,1H3,(H2,14,16,17). The summed E-state index contributed by atoms with van der Waals surface area (Å²) < 4.78 is 1.72. The quantitative estimate of drug-likeness (QED) is 0.749. The highest BCUT2D eigenvalue weighted by molar-refractivity contribution is 5.58. The SMILES string of the molecule is Cc1cc(-c2cnnn2-c2ccccc2)nc(N)n1.